The van der Waals surface area contributed by atoms with Gasteiger partial charge in [-0.2, -0.15) is 0 Å². The number of nitrogens with zero attached hydrogens (tertiary/aromatic N) is 3. The first-order chi connectivity index (χ1) is 7.27. The molecule has 1 aromatic heterocycles. The Morgan fingerprint density at radius 1 is 1.27 bits per heavy atom. The van der Waals surface area contributed by atoms with Crippen LogP contribution >= 0.6 is 0 Å². The molecule has 0 unspecified atom stereocenters. The molecular formula is C11H18N4. The number of aromatic nitrogens is 1. The molecule has 1 aliphatic rings. The van der Waals surface area contributed by atoms with Crippen LogP contribution in [-0.2, 0) is 0 Å². The van der Waals surface area contributed by atoms with Crippen LogP contribution in [0.5, 0.6) is 0 Å². The third-order valence-electron chi connectivity index (χ3n) is 2.88. The van der Waals surface area contributed by atoms with Gasteiger partial charge in [-0.1, -0.05) is 0 Å². The zero-order valence-corrected chi connectivity index (χ0v) is 9.19. The zero-order chi connectivity index (χ0) is 10.7. The Morgan fingerprint density at radius 2 is 2.13 bits per heavy atom. The van der Waals surface area contributed by atoms with Crippen molar-refractivity contribution in [3.63, 3.8) is 0 Å². The van der Waals surface area contributed by atoms with Crippen molar-refractivity contribution < 1.29 is 0 Å². The van der Waals surface area contributed by atoms with Crippen molar-refractivity contribution in [1.82, 2.24) is 9.88 Å². The van der Waals surface area contributed by atoms with E-state index in [1.54, 1.807) is 6.20 Å². The van der Waals surface area contributed by atoms with Gasteiger partial charge in [-0.3, -0.25) is 0 Å². The number of pyridine rings is 1. The highest BCUT2D eigenvalue weighted by Crippen LogP contribution is 2.21. The number of hydrogen-bond acceptors (Lipinski definition) is 4. The molecule has 0 bridgehead atoms. The van der Waals surface area contributed by atoms with Gasteiger partial charge in [0.15, 0.2) is 0 Å². The molecule has 0 spiro atoms. The van der Waals surface area contributed by atoms with E-state index in [1.165, 1.54) is 6.42 Å². The van der Waals surface area contributed by atoms with Gasteiger partial charge in [0.25, 0.3) is 0 Å². The Balaban J connectivity index is 2.13. The lowest BCUT2D eigenvalue weighted by molar-refractivity contribution is 0.360. The zero-order valence-electron chi connectivity index (χ0n) is 9.19. The highest BCUT2D eigenvalue weighted by atomic mass is 15.2. The molecule has 0 atom stereocenters. The molecule has 1 saturated heterocycles. The monoisotopic (exact) mass is 206 g/mol. The first kappa shape index (κ1) is 10.2. The molecule has 82 valence electrons. The first-order valence-corrected chi connectivity index (χ1v) is 5.41. The summed E-state index contributed by atoms with van der Waals surface area (Å²) in [5, 5.41) is 0. The van der Waals surface area contributed by atoms with Crippen LogP contribution in [-0.4, -0.2) is 43.1 Å². The van der Waals surface area contributed by atoms with Crippen molar-refractivity contribution in [2.45, 2.75) is 6.42 Å². The van der Waals surface area contributed by atoms with Crippen LogP contribution in [0.3, 0.4) is 0 Å². The third kappa shape index (κ3) is 2.39. The summed E-state index contributed by atoms with van der Waals surface area (Å²) >= 11 is 0. The van der Waals surface area contributed by atoms with Gasteiger partial charge in [-0.25, -0.2) is 4.98 Å². The van der Waals surface area contributed by atoms with Crippen LogP contribution in [0.25, 0.3) is 0 Å². The van der Waals surface area contributed by atoms with Gasteiger partial charge in [-0.15, -0.1) is 0 Å². The van der Waals surface area contributed by atoms with Crippen molar-refractivity contribution in [1.29, 1.82) is 0 Å². The van der Waals surface area contributed by atoms with E-state index in [2.05, 4.69) is 21.8 Å². The Hall–Kier alpha value is -1.29. The van der Waals surface area contributed by atoms with Crippen molar-refractivity contribution in [3.8, 4) is 0 Å². The topological polar surface area (TPSA) is 45.4 Å². The van der Waals surface area contributed by atoms with Gasteiger partial charge in [0.1, 0.15) is 5.82 Å². The van der Waals surface area contributed by atoms with E-state index in [0.29, 0.717) is 5.82 Å². The van der Waals surface area contributed by atoms with Gasteiger partial charge in [0, 0.05) is 25.8 Å². The molecule has 0 saturated carbocycles. The van der Waals surface area contributed by atoms with Crippen molar-refractivity contribution in [3.05, 3.63) is 18.3 Å². The molecule has 0 aromatic carbocycles. The second-order valence-corrected chi connectivity index (χ2v) is 4.05. The van der Waals surface area contributed by atoms with E-state index in [1.807, 2.05) is 12.1 Å². The third-order valence-corrected chi connectivity index (χ3v) is 2.88. The van der Waals surface area contributed by atoms with Crippen LogP contribution < -0.4 is 10.6 Å². The average molecular weight is 206 g/mol. The Bertz CT molecular complexity index is 326. The van der Waals surface area contributed by atoms with Crippen LogP contribution in [0.4, 0.5) is 11.5 Å². The first-order valence-electron chi connectivity index (χ1n) is 5.41. The number of rotatable bonds is 1. The van der Waals surface area contributed by atoms with Gasteiger partial charge >= 0.3 is 0 Å². The number of nitrogen functional groups attached to an aromatic ring is 1. The summed E-state index contributed by atoms with van der Waals surface area (Å²) in [6.07, 6.45) is 2.92. The molecule has 0 amide bonds. The summed E-state index contributed by atoms with van der Waals surface area (Å²) in [6.45, 7) is 4.36. The predicted molar refractivity (Wildman–Crippen MR) is 63.0 cm³/mol. The van der Waals surface area contributed by atoms with Crippen LogP contribution in [0.1, 0.15) is 6.42 Å². The smallest absolute Gasteiger partial charge is 0.146 e. The van der Waals surface area contributed by atoms with E-state index < -0.39 is 0 Å². The van der Waals surface area contributed by atoms with E-state index in [-0.39, 0.29) is 0 Å². The SMILES string of the molecule is CN1CCCN(c2cccnc2N)CC1. The molecule has 4 heteroatoms. The van der Waals surface area contributed by atoms with Crippen molar-refractivity contribution in [2.24, 2.45) is 0 Å². The molecule has 2 heterocycles. The molecule has 2 rings (SSSR count). The highest BCUT2D eigenvalue weighted by Gasteiger charge is 2.14. The number of likely N-dealkylation sites (N-methyl/N-ethyl adjacent to an activating group) is 1. The fourth-order valence-electron chi connectivity index (χ4n) is 1.96. The maximum absolute atomic E-state index is 5.87. The second kappa shape index (κ2) is 4.49. The molecule has 15 heavy (non-hydrogen) atoms. The molecule has 1 aliphatic heterocycles. The predicted octanol–water partition coefficient (Wildman–Crippen LogP) is 0.806. The minimum absolute atomic E-state index is 0.641. The second-order valence-electron chi connectivity index (χ2n) is 4.05. The van der Waals surface area contributed by atoms with E-state index in [4.69, 9.17) is 5.73 Å². The number of anilines is 2. The summed E-state index contributed by atoms with van der Waals surface area (Å²) in [5.74, 6) is 0.641. The number of nitrogens with two attached hydrogens (primary N) is 1. The summed E-state index contributed by atoms with van der Waals surface area (Å²) < 4.78 is 0. The van der Waals surface area contributed by atoms with Gasteiger partial charge in [0.2, 0.25) is 0 Å². The summed E-state index contributed by atoms with van der Waals surface area (Å²) in [6, 6.07) is 3.99. The van der Waals surface area contributed by atoms with Crippen LogP contribution in [0, 0.1) is 0 Å². The summed E-state index contributed by atoms with van der Waals surface area (Å²) in [4.78, 5) is 8.81. The van der Waals surface area contributed by atoms with Crippen molar-refractivity contribution >= 4 is 11.5 Å². The quantitative estimate of drug-likeness (QED) is 0.738. The fraction of sp³-hybridized carbons (Fsp3) is 0.545. The maximum Gasteiger partial charge on any atom is 0.146 e. The maximum atomic E-state index is 5.87. The van der Waals surface area contributed by atoms with Crippen LogP contribution in [0.2, 0.25) is 0 Å². The molecule has 2 N–H and O–H groups in total. The Kier molecular flexibility index (Phi) is 3.06. The van der Waals surface area contributed by atoms with Crippen molar-refractivity contribution in [2.75, 3.05) is 43.9 Å². The lowest BCUT2D eigenvalue weighted by Crippen LogP contribution is -2.29. The van der Waals surface area contributed by atoms with Gasteiger partial charge in [-0.05, 0) is 32.1 Å². The molecule has 0 radical (unpaired) electrons. The fourth-order valence-corrected chi connectivity index (χ4v) is 1.96. The molecule has 4 nitrogen and oxygen atoms in total. The molecular weight excluding hydrogens is 188 g/mol. The average Bonchev–Trinajstić information content (AvgIpc) is 2.44. The largest absolute Gasteiger partial charge is 0.382 e. The van der Waals surface area contributed by atoms with Gasteiger partial charge in [0.05, 0.1) is 5.69 Å². The Labute approximate surface area is 90.7 Å². The molecule has 1 aromatic rings. The van der Waals surface area contributed by atoms with Gasteiger partial charge < -0.3 is 15.5 Å². The van der Waals surface area contributed by atoms with Crippen LogP contribution in [0.15, 0.2) is 18.3 Å². The lowest BCUT2D eigenvalue weighted by atomic mass is 10.3. The minimum atomic E-state index is 0.641. The molecule has 1 fully saturated rings. The minimum Gasteiger partial charge on any atom is -0.382 e. The Morgan fingerprint density at radius 3 is 2.93 bits per heavy atom. The standard InChI is InChI=1S/C11H18N4/c1-14-6-3-7-15(9-8-14)10-4-2-5-13-11(10)12/h2,4-5H,3,6-9H2,1H3,(H2,12,13). The normalized spacial score (nSPS) is 18.9. The summed E-state index contributed by atoms with van der Waals surface area (Å²) in [5.41, 5.74) is 6.95. The molecule has 0 aliphatic carbocycles. The number of hydrogen-bond donors (Lipinski definition) is 1. The van der Waals surface area contributed by atoms with E-state index in [9.17, 15) is 0 Å². The summed E-state index contributed by atoms with van der Waals surface area (Å²) in [7, 11) is 2.16. The lowest BCUT2D eigenvalue weighted by Gasteiger charge is -2.23. The van der Waals surface area contributed by atoms with E-state index in [0.717, 1.165) is 31.9 Å². The highest BCUT2D eigenvalue weighted by molar-refractivity contribution is 5.62. The van der Waals surface area contributed by atoms with E-state index >= 15 is 0 Å².